The highest BCUT2D eigenvalue weighted by Gasteiger charge is 2.38. The zero-order valence-corrected chi connectivity index (χ0v) is 11.3. The monoisotopic (exact) mass is 283 g/mol. The number of amides is 2. The summed E-state index contributed by atoms with van der Waals surface area (Å²) < 4.78 is 10.1. The molecule has 1 aromatic heterocycles. The van der Waals surface area contributed by atoms with Crippen molar-refractivity contribution < 1.29 is 24.0 Å². The Morgan fingerprint density at radius 2 is 2.30 bits per heavy atom. The van der Waals surface area contributed by atoms with Gasteiger partial charge < -0.3 is 24.6 Å². The number of nitrogens with zero attached hydrogens (tertiary/aromatic N) is 2. The van der Waals surface area contributed by atoms with Crippen molar-refractivity contribution in [2.75, 3.05) is 20.3 Å². The fraction of sp³-hybridized carbons (Fsp3) is 0.583. The van der Waals surface area contributed by atoms with Crippen molar-refractivity contribution in [1.29, 1.82) is 0 Å². The summed E-state index contributed by atoms with van der Waals surface area (Å²) in [5.41, 5.74) is 0.734. The van der Waals surface area contributed by atoms with Gasteiger partial charge in [0.05, 0.1) is 31.5 Å². The quantitative estimate of drug-likeness (QED) is 0.819. The second kappa shape index (κ2) is 5.91. The molecule has 2 amide bonds. The number of carboxylic acids is 1. The van der Waals surface area contributed by atoms with Crippen LogP contribution in [0, 0.1) is 12.8 Å². The molecule has 2 atom stereocenters. The van der Waals surface area contributed by atoms with Crippen LogP contribution in [0.15, 0.2) is 10.6 Å². The first-order valence-electron chi connectivity index (χ1n) is 6.22. The number of aliphatic carboxylic acids is 1. The normalized spacial score (nSPS) is 21.7. The van der Waals surface area contributed by atoms with Crippen LogP contribution in [-0.2, 0) is 16.1 Å². The van der Waals surface area contributed by atoms with Crippen molar-refractivity contribution in [3.8, 4) is 0 Å². The van der Waals surface area contributed by atoms with Gasteiger partial charge in [-0.25, -0.2) is 4.79 Å². The molecule has 110 valence electrons. The van der Waals surface area contributed by atoms with E-state index in [4.69, 9.17) is 14.4 Å². The molecule has 0 aliphatic carbocycles. The Balaban J connectivity index is 1.90. The second-order valence-corrected chi connectivity index (χ2v) is 4.75. The summed E-state index contributed by atoms with van der Waals surface area (Å²) in [5.74, 6) is -1.11. The van der Waals surface area contributed by atoms with E-state index in [1.165, 1.54) is 4.90 Å². The summed E-state index contributed by atoms with van der Waals surface area (Å²) in [6, 6.07) is 0.878. The molecule has 0 aromatic carbocycles. The third-order valence-electron chi connectivity index (χ3n) is 3.28. The molecule has 0 saturated carbocycles. The molecule has 8 nitrogen and oxygen atoms in total. The molecule has 0 bridgehead atoms. The second-order valence-electron chi connectivity index (χ2n) is 4.75. The van der Waals surface area contributed by atoms with E-state index < -0.39 is 17.9 Å². The summed E-state index contributed by atoms with van der Waals surface area (Å²) in [6.07, 6.45) is 0. The Bertz CT molecular complexity index is 501. The predicted molar refractivity (Wildman–Crippen MR) is 67.0 cm³/mol. The lowest BCUT2D eigenvalue weighted by atomic mass is 10.0. The molecule has 2 N–H and O–H groups in total. The standard InChI is InChI=1S/C12H17N3O5/c1-7-3-8(20-14-7)4-13-12(18)15(2)10-6-19-5-9(10)11(16)17/h3,9-10H,4-6H2,1-2H3,(H,13,18)(H,16,17). The number of urea groups is 1. The lowest BCUT2D eigenvalue weighted by Gasteiger charge is -2.26. The highest BCUT2D eigenvalue weighted by atomic mass is 16.5. The van der Waals surface area contributed by atoms with E-state index in [9.17, 15) is 9.59 Å². The maximum atomic E-state index is 12.0. The van der Waals surface area contributed by atoms with Gasteiger partial charge in [0, 0.05) is 13.1 Å². The van der Waals surface area contributed by atoms with Crippen LogP contribution in [0.3, 0.4) is 0 Å². The summed E-state index contributed by atoms with van der Waals surface area (Å²) in [5, 5.41) is 15.4. The highest BCUT2D eigenvalue weighted by molar-refractivity contribution is 5.77. The molecule has 1 saturated heterocycles. The number of likely N-dealkylation sites (N-methyl/N-ethyl adjacent to an activating group) is 1. The van der Waals surface area contributed by atoms with Gasteiger partial charge in [-0.1, -0.05) is 5.16 Å². The number of ether oxygens (including phenoxy) is 1. The average Bonchev–Trinajstić information content (AvgIpc) is 3.03. The van der Waals surface area contributed by atoms with Crippen LogP contribution in [0.4, 0.5) is 4.79 Å². The predicted octanol–water partition coefficient (Wildman–Crippen LogP) is 0.224. The smallest absolute Gasteiger partial charge is 0.317 e. The van der Waals surface area contributed by atoms with Crippen molar-refractivity contribution in [3.63, 3.8) is 0 Å². The van der Waals surface area contributed by atoms with Gasteiger partial charge in [-0.3, -0.25) is 4.79 Å². The first-order chi connectivity index (χ1) is 9.49. The number of hydrogen-bond acceptors (Lipinski definition) is 5. The van der Waals surface area contributed by atoms with Crippen LogP contribution in [0.2, 0.25) is 0 Å². The van der Waals surface area contributed by atoms with Crippen molar-refractivity contribution >= 4 is 12.0 Å². The van der Waals surface area contributed by atoms with Gasteiger partial charge in [0.1, 0.15) is 5.92 Å². The van der Waals surface area contributed by atoms with Crippen molar-refractivity contribution in [2.24, 2.45) is 5.92 Å². The van der Waals surface area contributed by atoms with Crippen LogP contribution in [0.25, 0.3) is 0 Å². The Morgan fingerprint density at radius 1 is 1.55 bits per heavy atom. The summed E-state index contributed by atoms with van der Waals surface area (Å²) in [4.78, 5) is 24.4. The number of rotatable bonds is 4. The number of hydrogen-bond donors (Lipinski definition) is 2. The lowest BCUT2D eigenvalue weighted by Crippen LogP contribution is -2.48. The van der Waals surface area contributed by atoms with E-state index in [0.717, 1.165) is 5.69 Å². The average molecular weight is 283 g/mol. The third-order valence-corrected chi connectivity index (χ3v) is 3.28. The number of carboxylic acid groups (broad SMARTS) is 1. The molecule has 2 unspecified atom stereocenters. The minimum atomic E-state index is -0.960. The van der Waals surface area contributed by atoms with Crippen LogP contribution in [-0.4, -0.2) is 53.5 Å². The zero-order valence-electron chi connectivity index (χ0n) is 11.3. The maximum absolute atomic E-state index is 12.0. The maximum Gasteiger partial charge on any atom is 0.317 e. The molecule has 20 heavy (non-hydrogen) atoms. The Labute approximate surface area is 115 Å². The Hall–Kier alpha value is -2.09. The summed E-state index contributed by atoms with van der Waals surface area (Å²) in [7, 11) is 1.55. The molecule has 0 radical (unpaired) electrons. The van der Waals surface area contributed by atoms with Crippen LogP contribution in [0.1, 0.15) is 11.5 Å². The van der Waals surface area contributed by atoms with Crippen molar-refractivity contribution in [2.45, 2.75) is 19.5 Å². The van der Waals surface area contributed by atoms with Gasteiger partial charge in [0.25, 0.3) is 0 Å². The number of aryl methyl sites for hydroxylation is 1. The summed E-state index contributed by atoms with van der Waals surface area (Å²) in [6.45, 7) is 2.34. The third kappa shape index (κ3) is 3.08. The zero-order chi connectivity index (χ0) is 14.7. The molecule has 1 aromatic rings. The molecule has 0 spiro atoms. The number of nitrogens with one attached hydrogen (secondary N) is 1. The molecule has 2 rings (SSSR count). The first kappa shape index (κ1) is 14.3. The number of carbonyl (C=O) groups excluding carboxylic acids is 1. The summed E-state index contributed by atoms with van der Waals surface area (Å²) >= 11 is 0. The highest BCUT2D eigenvalue weighted by Crippen LogP contribution is 2.19. The topological polar surface area (TPSA) is 105 Å². The molecular formula is C12H17N3O5. The lowest BCUT2D eigenvalue weighted by molar-refractivity contribution is -0.142. The van der Waals surface area contributed by atoms with Crippen LogP contribution < -0.4 is 5.32 Å². The van der Waals surface area contributed by atoms with E-state index in [2.05, 4.69) is 10.5 Å². The fourth-order valence-electron chi connectivity index (χ4n) is 2.10. The van der Waals surface area contributed by atoms with E-state index in [1.807, 2.05) is 0 Å². The van der Waals surface area contributed by atoms with Gasteiger partial charge in [-0.2, -0.15) is 0 Å². The molecule has 1 fully saturated rings. The van der Waals surface area contributed by atoms with Crippen molar-refractivity contribution in [3.05, 3.63) is 17.5 Å². The minimum Gasteiger partial charge on any atom is -0.481 e. The van der Waals surface area contributed by atoms with Gasteiger partial charge in [-0.05, 0) is 6.92 Å². The molecule has 2 heterocycles. The van der Waals surface area contributed by atoms with Gasteiger partial charge in [0.15, 0.2) is 5.76 Å². The minimum absolute atomic E-state index is 0.124. The molecule has 8 heteroatoms. The largest absolute Gasteiger partial charge is 0.481 e. The molecule has 1 aliphatic rings. The van der Waals surface area contributed by atoms with E-state index in [0.29, 0.717) is 5.76 Å². The van der Waals surface area contributed by atoms with E-state index in [1.54, 1.807) is 20.0 Å². The Morgan fingerprint density at radius 3 is 2.90 bits per heavy atom. The molecular weight excluding hydrogens is 266 g/mol. The van der Waals surface area contributed by atoms with E-state index >= 15 is 0 Å². The fourth-order valence-corrected chi connectivity index (χ4v) is 2.10. The molecule has 1 aliphatic heterocycles. The van der Waals surface area contributed by atoms with Crippen LogP contribution >= 0.6 is 0 Å². The van der Waals surface area contributed by atoms with Crippen molar-refractivity contribution in [1.82, 2.24) is 15.4 Å². The van der Waals surface area contributed by atoms with Gasteiger partial charge in [-0.15, -0.1) is 0 Å². The number of carbonyl (C=O) groups is 2. The van der Waals surface area contributed by atoms with Gasteiger partial charge >= 0.3 is 12.0 Å². The SMILES string of the molecule is Cc1cc(CNC(=O)N(C)C2COCC2C(=O)O)on1. The van der Waals surface area contributed by atoms with E-state index in [-0.39, 0.29) is 25.8 Å². The number of aromatic nitrogens is 1. The van der Waals surface area contributed by atoms with Gasteiger partial charge in [0.2, 0.25) is 0 Å². The Kier molecular flexibility index (Phi) is 4.23. The first-order valence-corrected chi connectivity index (χ1v) is 6.22. The van der Waals surface area contributed by atoms with Crippen LogP contribution in [0.5, 0.6) is 0 Å².